The standard InChI is InChI=1S/C33H33FN4O6S/c34-28-10-8-25(9-11-28)23-38(32(27-6-2-1-3-7-27)33(40)36-22-26-5-4-16-35-21-26)31(39)24-44-29-12-14-30(15-13-29)45(41,42)37-17-19-43-20-18-37/h1-16,21,32H,17-20,22-24H2,(H,36,40)/t32-/m1/s1. The Morgan fingerprint density at radius 2 is 1.64 bits per heavy atom. The van der Waals surface area contributed by atoms with Gasteiger partial charge in [-0.25, -0.2) is 12.8 Å². The Balaban J connectivity index is 1.36. The molecule has 0 saturated carbocycles. The largest absolute Gasteiger partial charge is 0.484 e. The van der Waals surface area contributed by atoms with E-state index < -0.39 is 40.3 Å². The molecular formula is C33H33FN4O6S. The molecule has 5 rings (SSSR count). The van der Waals surface area contributed by atoms with Gasteiger partial charge in [0.25, 0.3) is 5.91 Å². The van der Waals surface area contributed by atoms with E-state index in [1.165, 1.54) is 45.6 Å². The highest BCUT2D eigenvalue weighted by Gasteiger charge is 2.32. The lowest BCUT2D eigenvalue weighted by Gasteiger charge is -2.31. The van der Waals surface area contributed by atoms with E-state index in [2.05, 4.69) is 10.3 Å². The number of nitrogens with one attached hydrogen (secondary N) is 1. The van der Waals surface area contributed by atoms with E-state index in [1.807, 2.05) is 12.1 Å². The highest BCUT2D eigenvalue weighted by molar-refractivity contribution is 7.89. The molecule has 2 heterocycles. The van der Waals surface area contributed by atoms with E-state index in [1.54, 1.807) is 54.9 Å². The maximum atomic E-state index is 13.8. The average Bonchev–Trinajstić information content (AvgIpc) is 3.08. The molecule has 1 aliphatic heterocycles. The monoisotopic (exact) mass is 632 g/mol. The van der Waals surface area contributed by atoms with Crippen LogP contribution in [0, 0.1) is 5.82 Å². The molecular weight excluding hydrogens is 599 g/mol. The summed E-state index contributed by atoms with van der Waals surface area (Å²) in [4.78, 5) is 33.2. The molecule has 3 aromatic carbocycles. The molecule has 4 aromatic rings. The van der Waals surface area contributed by atoms with Gasteiger partial charge in [0.05, 0.1) is 18.1 Å². The van der Waals surface area contributed by atoms with Crippen molar-refractivity contribution in [1.29, 1.82) is 0 Å². The predicted octanol–water partition coefficient (Wildman–Crippen LogP) is 3.71. The molecule has 1 aliphatic rings. The van der Waals surface area contributed by atoms with Crippen LogP contribution in [0.25, 0.3) is 0 Å². The zero-order chi connectivity index (χ0) is 31.6. The number of aromatic nitrogens is 1. The van der Waals surface area contributed by atoms with E-state index in [-0.39, 0.29) is 36.8 Å². The van der Waals surface area contributed by atoms with Gasteiger partial charge in [-0.1, -0.05) is 48.5 Å². The minimum atomic E-state index is -3.69. The van der Waals surface area contributed by atoms with Gasteiger partial charge < -0.3 is 19.7 Å². The van der Waals surface area contributed by atoms with Crippen LogP contribution >= 0.6 is 0 Å². The predicted molar refractivity (Wildman–Crippen MR) is 164 cm³/mol. The first-order valence-electron chi connectivity index (χ1n) is 14.4. The van der Waals surface area contributed by atoms with Crippen molar-refractivity contribution in [3.05, 3.63) is 126 Å². The quantitative estimate of drug-likeness (QED) is 0.253. The van der Waals surface area contributed by atoms with Gasteiger partial charge in [-0.2, -0.15) is 4.31 Å². The number of benzene rings is 3. The molecule has 1 atom stereocenters. The van der Waals surface area contributed by atoms with Gasteiger partial charge in [-0.15, -0.1) is 0 Å². The lowest BCUT2D eigenvalue weighted by Crippen LogP contribution is -2.45. The third-order valence-electron chi connectivity index (χ3n) is 7.25. The Morgan fingerprint density at radius 3 is 2.31 bits per heavy atom. The first-order valence-corrected chi connectivity index (χ1v) is 15.8. The smallest absolute Gasteiger partial charge is 0.261 e. The van der Waals surface area contributed by atoms with Crippen LogP contribution in [0.15, 0.2) is 108 Å². The van der Waals surface area contributed by atoms with Crippen molar-refractivity contribution in [1.82, 2.24) is 19.5 Å². The van der Waals surface area contributed by atoms with Crippen LogP contribution in [0.4, 0.5) is 4.39 Å². The molecule has 1 saturated heterocycles. The van der Waals surface area contributed by atoms with E-state index in [0.29, 0.717) is 24.3 Å². The fraction of sp³-hybridized carbons (Fsp3) is 0.242. The third kappa shape index (κ3) is 8.29. The summed E-state index contributed by atoms with van der Waals surface area (Å²) < 4.78 is 52.1. The van der Waals surface area contributed by atoms with Gasteiger partial charge in [0.2, 0.25) is 15.9 Å². The number of amides is 2. The molecule has 1 fully saturated rings. The highest BCUT2D eigenvalue weighted by Crippen LogP contribution is 2.25. The van der Waals surface area contributed by atoms with Gasteiger partial charge in [0, 0.05) is 38.6 Å². The second kappa shape index (κ2) is 14.9. The zero-order valence-corrected chi connectivity index (χ0v) is 25.2. The number of sulfonamides is 1. The number of morpholine rings is 1. The van der Waals surface area contributed by atoms with E-state index in [9.17, 15) is 22.4 Å². The van der Waals surface area contributed by atoms with Crippen LogP contribution in [0.3, 0.4) is 0 Å². The summed E-state index contributed by atoms with van der Waals surface area (Å²) in [5, 5.41) is 2.91. The summed E-state index contributed by atoms with van der Waals surface area (Å²) in [6, 6.07) is 23.0. The van der Waals surface area contributed by atoms with Crippen molar-refractivity contribution in [2.24, 2.45) is 0 Å². The number of carbonyl (C=O) groups is 2. The first-order chi connectivity index (χ1) is 21.8. The lowest BCUT2D eigenvalue weighted by atomic mass is 10.0. The molecule has 0 unspecified atom stereocenters. The SMILES string of the molecule is O=C(NCc1cccnc1)[C@@H](c1ccccc1)N(Cc1ccc(F)cc1)C(=O)COc1ccc(S(=O)(=O)N2CCOCC2)cc1. The third-order valence-corrected chi connectivity index (χ3v) is 9.16. The average molecular weight is 633 g/mol. The number of carbonyl (C=O) groups excluding carboxylic acids is 2. The molecule has 10 nitrogen and oxygen atoms in total. The summed E-state index contributed by atoms with van der Waals surface area (Å²) in [5.74, 6) is -1.07. The van der Waals surface area contributed by atoms with Crippen LogP contribution in [0.2, 0.25) is 0 Å². The molecule has 0 aliphatic carbocycles. The first kappa shape index (κ1) is 31.8. The fourth-order valence-electron chi connectivity index (χ4n) is 4.88. The fourth-order valence-corrected chi connectivity index (χ4v) is 6.29. The maximum absolute atomic E-state index is 13.8. The van der Waals surface area contributed by atoms with Crippen molar-refractivity contribution in [2.75, 3.05) is 32.9 Å². The number of halogens is 1. The minimum Gasteiger partial charge on any atom is -0.484 e. The molecule has 0 radical (unpaired) electrons. The normalized spacial score (nSPS) is 14.3. The van der Waals surface area contributed by atoms with Crippen molar-refractivity contribution in [3.63, 3.8) is 0 Å². The van der Waals surface area contributed by atoms with Gasteiger partial charge in [0.1, 0.15) is 17.6 Å². The van der Waals surface area contributed by atoms with E-state index in [4.69, 9.17) is 9.47 Å². The summed E-state index contributed by atoms with van der Waals surface area (Å²) in [7, 11) is -3.69. The second-order valence-corrected chi connectivity index (χ2v) is 12.3. The van der Waals surface area contributed by atoms with Crippen molar-refractivity contribution < 1.29 is 31.9 Å². The van der Waals surface area contributed by atoms with Crippen LogP contribution < -0.4 is 10.1 Å². The Hall–Kier alpha value is -4.65. The summed E-state index contributed by atoms with van der Waals surface area (Å²) in [6.07, 6.45) is 3.28. The van der Waals surface area contributed by atoms with Crippen LogP contribution in [0.1, 0.15) is 22.7 Å². The summed E-state index contributed by atoms with van der Waals surface area (Å²) >= 11 is 0. The van der Waals surface area contributed by atoms with Crippen LogP contribution in [0.5, 0.6) is 5.75 Å². The number of nitrogens with zero attached hydrogens (tertiary/aromatic N) is 3. The van der Waals surface area contributed by atoms with Gasteiger partial charge >= 0.3 is 0 Å². The lowest BCUT2D eigenvalue weighted by molar-refractivity contribution is -0.143. The molecule has 0 bridgehead atoms. The van der Waals surface area contributed by atoms with Gasteiger partial charge in [-0.3, -0.25) is 14.6 Å². The molecule has 1 N–H and O–H groups in total. The number of pyridine rings is 1. The zero-order valence-electron chi connectivity index (χ0n) is 24.4. The van der Waals surface area contributed by atoms with Gasteiger partial charge in [-0.05, 0) is 59.2 Å². The highest BCUT2D eigenvalue weighted by atomic mass is 32.2. The molecule has 234 valence electrons. The Bertz CT molecular complexity index is 1670. The summed E-state index contributed by atoms with van der Waals surface area (Å²) in [5.41, 5.74) is 1.98. The molecule has 45 heavy (non-hydrogen) atoms. The molecule has 12 heteroatoms. The van der Waals surface area contributed by atoms with Crippen molar-refractivity contribution >= 4 is 21.8 Å². The van der Waals surface area contributed by atoms with Gasteiger partial charge in [0.15, 0.2) is 6.61 Å². The van der Waals surface area contributed by atoms with E-state index >= 15 is 0 Å². The number of rotatable bonds is 12. The van der Waals surface area contributed by atoms with Crippen LogP contribution in [-0.4, -0.2) is 67.3 Å². The second-order valence-electron chi connectivity index (χ2n) is 10.3. The van der Waals surface area contributed by atoms with Crippen LogP contribution in [-0.2, 0) is 37.4 Å². The Labute approximate surface area is 261 Å². The number of hydrogen-bond donors (Lipinski definition) is 1. The molecule has 2 amide bonds. The number of ether oxygens (including phenoxy) is 2. The summed E-state index contributed by atoms with van der Waals surface area (Å²) in [6.45, 7) is 0.986. The molecule has 1 aromatic heterocycles. The topological polar surface area (TPSA) is 118 Å². The molecule has 0 spiro atoms. The van der Waals surface area contributed by atoms with E-state index in [0.717, 1.165) is 5.56 Å². The minimum absolute atomic E-state index is 0.000915. The Kier molecular flexibility index (Phi) is 10.5. The number of hydrogen-bond acceptors (Lipinski definition) is 7. The van der Waals surface area contributed by atoms with Crippen molar-refractivity contribution in [3.8, 4) is 5.75 Å². The Morgan fingerprint density at radius 1 is 0.933 bits per heavy atom. The maximum Gasteiger partial charge on any atom is 0.261 e. The van der Waals surface area contributed by atoms with Crippen molar-refractivity contribution in [2.45, 2.75) is 24.0 Å².